The molecule has 1 saturated heterocycles. The van der Waals surface area contributed by atoms with Gasteiger partial charge in [0.2, 0.25) is 0 Å². The molecule has 0 aromatic heterocycles. The molecular weight excluding hydrogens is 398 g/mol. The lowest BCUT2D eigenvalue weighted by molar-refractivity contribution is 0.192. The van der Waals surface area contributed by atoms with Gasteiger partial charge in [-0.1, -0.05) is 84.9 Å². The van der Waals surface area contributed by atoms with Crippen LogP contribution in [0.25, 0.3) is 0 Å². The molecule has 1 unspecified atom stereocenters. The van der Waals surface area contributed by atoms with Crippen molar-refractivity contribution in [1.29, 1.82) is 0 Å². The summed E-state index contributed by atoms with van der Waals surface area (Å²) in [6, 6.07) is 31.7. The zero-order chi connectivity index (χ0) is 20.2. The number of rotatable bonds is 5. The summed E-state index contributed by atoms with van der Waals surface area (Å²) in [6.07, 6.45) is 7.60. The lowest BCUT2D eigenvalue weighted by atomic mass is 9.64. The highest BCUT2D eigenvalue weighted by Crippen LogP contribution is 2.45. The van der Waals surface area contributed by atoms with Crippen LogP contribution in [0.1, 0.15) is 60.3 Å². The number of likely N-dealkylation sites (tertiary alicyclic amines) is 1. The van der Waals surface area contributed by atoms with Crippen LogP contribution in [-0.2, 0) is 11.8 Å². The van der Waals surface area contributed by atoms with Gasteiger partial charge in [0, 0.05) is 5.41 Å². The first-order valence-corrected chi connectivity index (χ1v) is 11.8. The average Bonchev–Trinajstić information content (AvgIpc) is 2.84. The highest BCUT2D eigenvalue weighted by Gasteiger charge is 2.38. The van der Waals surface area contributed by atoms with Crippen LogP contribution < -0.4 is 0 Å². The highest BCUT2D eigenvalue weighted by atomic mass is 35.5. The molecule has 0 spiro atoms. The van der Waals surface area contributed by atoms with Crippen molar-refractivity contribution in [2.75, 3.05) is 19.6 Å². The summed E-state index contributed by atoms with van der Waals surface area (Å²) in [7, 11) is 0. The topological polar surface area (TPSA) is 3.24 Å². The Balaban J connectivity index is 0.00000231. The van der Waals surface area contributed by atoms with Gasteiger partial charge in [-0.15, -0.1) is 12.4 Å². The second-order valence-corrected chi connectivity index (χ2v) is 9.24. The molecule has 0 bridgehead atoms. The molecule has 1 heterocycles. The number of nitrogens with zero attached hydrogens (tertiary/aromatic N) is 1. The van der Waals surface area contributed by atoms with Gasteiger partial charge in [0.05, 0.1) is 0 Å². The van der Waals surface area contributed by atoms with Crippen molar-refractivity contribution in [2.45, 2.75) is 49.9 Å². The Morgan fingerprint density at radius 3 is 2.16 bits per heavy atom. The molecule has 31 heavy (non-hydrogen) atoms. The van der Waals surface area contributed by atoms with Crippen LogP contribution in [0.2, 0.25) is 0 Å². The van der Waals surface area contributed by atoms with E-state index in [9.17, 15) is 0 Å². The van der Waals surface area contributed by atoms with E-state index in [4.69, 9.17) is 0 Å². The quantitative estimate of drug-likeness (QED) is 0.420. The number of halogens is 1. The van der Waals surface area contributed by atoms with Crippen molar-refractivity contribution in [3.05, 3.63) is 107 Å². The molecule has 1 aliphatic heterocycles. The second kappa shape index (κ2) is 10.0. The molecule has 1 nitrogen and oxygen atoms in total. The number of piperidine rings is 1. The zero-order valence-corrected chi connectivity index (χ0v) is 19.2. The summed E-state index contributed by atoms with van der Waals surface area (Å²) in [6.45, 7) is 3.66. The second-order valence-electron chi connectivity index (χ2n) is 9.24. The van der Waals surface area contributed by atoms with E-state index < -0.39 is 0 Å². The minimum absolute atomic E-state index is 0. The smallest absolute Gasteiger partial charge is 0.0217 e. The molecule has 162 valence electrons. The molecule has 3 aromatic carbocycles. The molecule has 0 saturated carbocycles. The van der Waals surface area contributed by atoms with Crippen molar-refractivity contribution in [3.8, 4) is 0 Å². The van der Waals surface area contributed by atoms with Gasteiger partial charge in [0.25, 0.3) is 0 Å². The first-order valence-electron chi connectivity index (χ1n) is 11.8. The third kappa shape index (κ3) is 4.59. The predicted octanol–water partition coefficient (Wildman–Crippen LogP) is 7.00. The number of hydrogen-bond acceptors (Lipinski definition) is 1. The van der Waals surface area contributed by atoms with Crippen LogP contribution in [0.5, 0.6) is 0 Å². The first kappa shape index (κ1) is 22.1. The molecule has 0 amide bonds. The third-order valence-electron chi connectivity index (χ3n) is 7.62. The minimum Gasteiger partial charge on any atom is -0.303 e. The van der Waals surface area contributed by atoms with Gasteiger partial charge in [-0.25, -0.2) is 0 Å². The standard InChI is InChI=1S/C29H33N.ClH/c1-3-10-24(11-4-1)25-17-21-30(22-18-25)23-20-29(27-14-5-2-6-15-27)19-9-13-26-12-7-8-16-28(26)29;/h1-8,10-12,14-16,25H,9,13,17-23H2;1H. The van der Waals surface area contributed by atoms with E-state index >= 15 is 0 Å². The van der Waals surface area contributed by atoms with Crippen molar-refractivity contribution in [2.24, 2.45) is 0 Å². The molecule has 5 rings (SSSR count). The van der Waals surface area contributed by atoms with Gasteiger partial charge in [-0.2, -0.15) is 0 Å². The van der Waals surface area contributed by atoms with Gasteiger partial charge in [0.1, 0.15) is 0 Å². The van der Waals surface area contributed by atoms with Crippen molar-refractivity contribution in [1.82, 2.24) is 4.90 Å². The van der Waals surface area contributed by atoms with Crippen LogP contribution in [0.3, 0.4) is 0 Å². The highest BCUT2D eigenvalue weighted by molar-refractivity contribution is 5.85. The molecule has 1 aliphatic carbocycles. The SMILES string of the molecule is Cl.c1ccc(C2CCN(CCC3(c4ccccc4)CCCc4ccccc43)CC2)cc1. The van der Waals surface area contributed by atoms with Crippen LogP contribution in [0, 0.1) is 0 Å². The van der Waals surface area contributed by atoms with E-state index in [1.807, 2.05) is 0 Å². The summed E-state index contributed by atoms with van der Waals surface area (Å²) in [5.74, 6) is 0.737. The van der Waals surface area contributed by atoms with E-state index in [-0.39, 0.29) is 17.8 Å². The zero-order valence-electron chi connectivity index (χ0n) is 18.4. The fourth-order valence-electron chi connectivity index (χ4n) is 5.95. The number of benzene rings is 3. The van der Waals surface area contributed by atoms with E-state index in [0.29, 0.717) is 0 Å². The number of hydrogen-bond donors (Lipinski definition) is 0. The van der Waals surface area contributed by atoms with Gasteiger partial charge < -0.3 is 4.90 Å². The predicted molar refractivity (Wildman–Crippen MR) is 133 cm³/mol. The van der Waals surface area contributed by atoms with Crippen LogP contribution in [0.4, 0.5) is 0 Å². The van der Waals surface area contributed by atoms with Gasteiger partial charge in [-0.3, -0.25) is 0 Å². The van der Waals surface area contributed by atoms with Gasteiger partial charge >= 0.3 is 0 Å². The maximum atomic E-state index is 2.72. The van der Waals surface area contributed by atoms with Crippen LogP contribution in [0.15, 0.2) is 84.9 Å². The largest absolute Gasteiger partial charge is 0.303 e. The third-order valence-corrected chi connectivity index (χ3v) is 7.62. The normalized spacial score (nSPS) is 21.8. The van der Waals surface area contributed by atoms with E-state index in [2.05, 4.69) is 89.8 Å². The Morgan fingerprint density at radius 2 is 1.42 bits per heavy atom. The Labute approximate surface area is 193 Å². The summed E-state index contributed by atoms with van der Waals surface area (Å²) in [4.78, 5) is 2.72. The monoisotopic (exact) mass is 431 g/mol. The van der Waals surface area contributed by atoms with Gasteiger partial charge in [0.15, 0.2) is 0 Å². The molecule has 2 aliphatic rings. The lowest BCUT2D eigenvalue weighted by Gasteiger charge is -2.42. The Hall–Kier alpha value is -2.09. The van der Waals surface area contributed by atoms with Crippen molar-refractivity contribution >= 4 is 12.4 Å². The summed E-state index contributed by atoms with van der Waals surface area (Å²) in [5, 5.41) is 0. The molecule has 0 N–H and O–H groups in total. The lowest BCUT2D eigenvalue weighted by Crippen LogP contribution is -2.39. The minimum atomic E-state index is 0. The average molecular weight is 432 g/mol. The van der Waals surface area contributed by atoms with Crippen molar-refractivity contribution in [3.63, 3.8) is 0 Å². The maximum absolute atomic E-state index is 2.72. The number of aryl methyl sites for hydroxylation is 1. The van der Waals surface area contributed by atoms with Crippen molar-refractivity contribution < 1.29 is 0 Å². The molecular formula is C29H34ClN. The molecule has 1 fully saturated rings. The summed E-state index contributed by atoms with van der Waals surface area (Å²) in [5.41, 5.74) is 6.36. The molecule has 3 aromatic rings. The molecule has 1 atom stereocenters. The van der Waals surface area contributed by atoms with E-state index in [0.717, 1.165) is 5.92 Å². The van der Waals surface area contributed by atoms with Gasteiger partial charge in [-0.05, 0) is 86.3 Å². The first-order chi connectivity index (χ1) is 14.9. The fourth-order valence-corrected chi connectivity index (χ4v) is 5.95. The fraction of sp³-hybridized carbons (Fsp3) is 0.379. The number of fused-ring (bicyclic) bond motifs is 1. The summed E-state index contributed by atoms with van der Waals surface area (Å²) >= 11 is 0. The molecule has 2 heteroatoms. The Morgan fingerprint density at radius 1 is 0.774 bits per heavy atom. The van der Waals surface area contributed by atoms with Crippen LogP contribution in [-0.4, -0.2) is 24.5 Å². The Bertz CT molecular complexity index is 947. The van der Waals surface area contributed by atoms with Crippen LogP contribution >= 0.6 is 12.4 Å². The van der Waals surface area contributed by atoms with E-state index in [1.54, 1.807) is 11.1 Å². The maximum Gasteiger partial charge on any atom is 0.0217 e. The Kier molecular flexibility index (Phi) is 7.15. The summed E-state index contributed by atoms with van der Waals surface area (Å²) < 4.78 is 0. The molecule has 0 radical (unpaired) electrons. The van der Waals surface area contributed by atoms with E-state index in [1.165, 1.54) is 69.3 Å².